The lowest BCUT2D eigenvalue weighted by Crippen LogP contribution is -2.58. The molecule has 0 radical (unpaired) electrons. The molecule has 1 aliphatic heterocycles. The van der Waals surface area contributed by atoms with Crippen molar-refractivity contribution in [1.82, 2.24) is 4.90 Å². The van der Waals surface area contributed by atoms with E-state index in [1.165, 1.54) is 0 Å². The van der Waals surface area contributed by atoms with Crippen molar-refractivity contribution in [3.05, 3.63) is 0 Å². The largest absolute Gasteiger partial charge is 0.444 e. The van der Waals surface area contributed by atoms with E-state index < -0.39 is 5.60 Å². The topological polar surface area (TPSA) is 46.6 Å². The predicted molar refractivity (Wildman–Crippen MR) is 82.0 cm³/mol. The van der Waals surface area contributed by atoms with E-state index in [4.69, 9.17) is 4.74 Å². The summed E-state index contributed by atoms with van der Waals surface area (Å²) in [7, 11) is 0. The van der Waals surface area contributed by atoms with Crippen LogP contribution in [0.2, 0.25) is 0 Å². The van der Waals surface area contributed by atoms with Crippen LogP contribution < -0.4 is 0 Å². The van der Waals surface area contributed by atoms with E-state index in [2.05, 4.69) is 20.8 Å². The molecule has 0 aromatic heterocycles. The van der Waals surface area contributed by atoms with Gasteiger partial charge in [0.25, 0.3) is 0 Å². The first kappa shape index (κ1) is 16.3. The van der Waals surface area contributed by atoms with Crippen LogP contribution in [0.5, 0.6) is 0 Å². The highest BCUT2D eigenvalue weighted by Gasteiger charge is 2.53. The van der Waals surface area contributed by atoms with Gasteiger partial charge in [-0.05, 0) is 44.9 Å². The summed E-state index contributed by atoms with van der Waals surface area (Å²) in [6.07, 6.45) is 2.16. The number of likely N-dealkylation sites (tertiary alicyclic amines) is 1. The predicted octanol–water partition coefficient (Wildman–Crippen LogP) is 3.64. The Labute approximate surface area is 128 Å². The van der Waals surface area contributed by atoms with Gasteiger partial charge in [0.05, 0.1) is 0 Å². The number of rotatable bonds is 0. The normalized spacial score (nSPS) is 32.6. The highest BCUT2D eigenvalue weighted by atomic mass is 16.6. The highest BCUT2D eigenvalue weighted by Crippen LogP contribution is 2.53. The second-order valence-electron chi connectivity index (χ2n) is 8.54. The first-order valence-corrected chi connectivity index (χ1v) is 7.97. The summed E-state index contributed by atoms with van der Waals surface area (Å²) in [6, 6.07) is 0. The average Bonchev–Trinajstić information content (AvgIpc) is 2.32. The number of piperidine rings is 1. The molecule has 2 rings (SSSR count). The van der Waals surface area contributed by atoms with Gasteiger partial charge in [-0.3, -0.25) is 4.79 Å². The average molecular weight is 295 g/mol. The summed E-state index contributed by atoms with van der Waals surface area (Å²) < 4.78 is 5.50. The zero-order valence-corrected chi connectivity index (χ0v) is 14.3. The molecule has 1 amide bonds. The molecule has 0 N–H and O–H groups in total. The summed E-state index contributed by atoms with van der Waals surface area (Å²) in [5, 5.41) is 0. The summed E-state index contributed by atoms with van der Waals surface area (Å²) >= 11 is 0. The molecule has 0 aromatic rings. The minimum absolute atomic E-state index is 0.0204. The van der Waals surface area contributed by atoms with Gasteiger partial charge in [0.2, 0.25) is 0 Å². The van der Waals surface area contributed by atoms with Crippen LogP contribution >= 0.6 is 0 Å². The molecular weight excluding hydrogens is 266 g/mol. The van der Waals surface area contributed by atoms with Crippen LogP contribution in [0.3, 0.4) is 0 Å². The van der Waals surface area contributed by atoms with Gasteiger partial charge >= 0.3 is 6.09 Å². The fraction of sp³-hybridized carbons (Fsp3) is 0.882. The number of ketones is 1. The van der Waals surface area contributed by atoms with Gasteiger partial charge in [-0.25, -0.2) is 4.79 Å². The Morgan fingerprint density at radius 1 is 1.29 bits per heavy atom. The van der Waals surface area contributed by atoms with Crippen molar-refractivity contribution in [2.75, 3.05) is 13.1 Å². The molecule has 1 aliphatic carbocycles. The van der Waals surface area contributed by atoms with Gasteiger partial charge in [0.15, 0.2) is 0 Å². The molecule has 4 heteroatoms. The number of hydrogen-bond acceptors (Lipinski definition) is 3. The number of nitrogens with zero attached hydrogens (tertiary/aromatic N) is 1. The van der Waals surface area contributed by atoms with E-state index in [-0.39, 0.29) is 16.9 Å². The van der Waals surface area contributed by atoms with E-state index in [1.807, 2.05) is 25.7 Å². The molecule has 1 saturated heterocycles. The molecule has 0 bridgehead atoms. The third-order valence-electron chi connectivity index (χ3n) is 5.25. The Morgan fingerprint density at radius 3 is 2.48 bits per heavy atom. The molecule has 0 spiro atoms. The lowest BCUT2D eigenvalue weighted by Gasteiger charge is -2.54. The second kappa shape index (κ2) is 4.99. The Kier molecular flexibility index (Phi) is 3.88. The Balaban J connectivity index is 2.13. The summed E-state index contributed by atoms with van der Waals surface area (Å²) in [6.45, 7) is 13.4. The number of ether oxygens (including phenoxy) is 1. The first-order chi connectivity index (χ1) is 9.46. The van der Waals surface area contributed by atoms with Gasteiger partial charge in [0.1, 0.15) is 11.4 Å². The molecule has 2 aliphatic rings. The lowest BCUT2D eigenvalue weighted by atomic mass is 9.53. The molecule has 0 unspecified atom stereocenters. The Morgan fingerprint density at radius 2 is 1.90 bits per heavy atom. The fourth-order valence-electron chi connectivity index (χ4n) is 4.14. The van der Waals surface area contributed by atoms with E-state index in [9.17, 15) is 9.59 Å². The van der Waals surface area contributed by atoms with Crippen molar-refractivity contribution in [3.8, 4) is 0 Å². The highest BCUT2D eigenvalue weighted by molar-refractivity contribution is 5.85. The molecule has 1 saturated carbocycles. The smallest absolute Gasteiger partial charge is 0.410 e. The van der Waals surface area contributed by atoms with Crippen LogP contribution in [0.25, 0.3) is 0 Å². The van der Waals surface area contributed by atoms with E-state index >= 15 is 0 Å². The van der Waals surface area contributed by atoms with Crippen molar-refractivity contribution < 1.29 is 14.3 Å². The molecular formula is C17H29NO3. The van der Waals surface area contributed by atoms with Crippen molar-refractivity contribution in [2.24, 2.45) is 16.7 Å². The monoisotopic (exact) mass is 295 g/mol. The third kappa shape index (κ3) is 3.09. The number of amides is 1. The summed E-state index contributed by atoms with van der Waals surface area (Å²) in [4.78, 5) is 26.3. The van der Waals surface area contributed by atoms with Gasteiger partial charge in [0, 0.05) is 24.9 Å². The molecule has 2 fully saturated rings. The van der Waals surface area contributed by atoms with Crippen LogP contribution in [0.15, 0.2) is 0 Å². The molecule has 2 atom stereocenters. The maximum absolute atomic E-state index is 12.3. The zero-order valence-electron chi connectivity index (χ0n) is 14.3. The third-order valence-corrected chi connectivity index (χ3v) is 5.25. The van der Waals surface area contributed by atoms with Crippen molar-refractivity contribution in [2.45, 2.75) is 66.4 Å². The maximum Gasteiger partial charge on any atom is 0.410 e. The maximum atomic E-state index is 12.3. The van der Waals surface area contributed by atoms with E-state index in [0.717, 1.165) is 12.8 Å². The number of hydrogen-bond donors (Lipinski definition) is 0. The van der Waals surface area contributed by atoms with Gasteiger partial charge in [-0.2, -0.15) is 0 Å². The Hall–Kier alpha value is -1.06. The Bertz CT molecular complexity index is 449. The standard InChI is InChI=1S/C17H29NO3/c1-15(2,3)21-14(20)18-10-8-12-16(4,5)13(19)7-9-17(12,6)11-18/h12H,7-11H2,1-6H3/t12-,17+/m0/s1. The van der Waals surface area contributed by atoms with Crippen LogP contribution in [-0.4, -0.2) is 35.5 Å². The minimum Gasteiger partial charge on any atom is -0.444 e. The van der Waals surface area contributed by atoms with Gasteiger partial charge < -0.3 is 9.64 Å². The van der Waals surface area contributed by atoms with Crippen LogP contribution in [0, 0.1) is 16.7 Å². The van der Waals surface area contributed by atoms with Crippen LogP contribution in [0.1, 0.15) is 60.8 Å². The minimum atomic E-state index is -0.462. The van der Waals surface area contributed by atoms with Crippen molar-refractivity contribution in [3.63, 3.8) is 0 Å². The number of fused-ring (bicyclic) bond motifs is 1. The molecule has 4 nitrogen and oxygen atoms in total. The summed E-state index contributed by atoms with van der Waals surface area (Å²) in [5.41, 5.74) is -0.712. The second-order valence-corrected chi connectivity index (χ2v) is 8.54. The quantitative estimate of drug-likeness (QED) is 0.685. The van der Waals surface area contributed by atoms with Gasteiger partial charge in [-0.15, -0.1) is 0 Å². The molecule has 1 heterocycles. The molecule has 120 valence electrons. The van der Waals surface area contributed by atoms with Crippen molar-refractivity contribution >= 4 is 11.9 Å². The number of Topliss-reactive ketones (excluding diaryl/α,β-unsaturated/α-hetero) is 1. The number of carbonyl (C=O) groups excluding carboxylic acids is 2. The summed E-state index contributed by atoms with van der Waals surface area (Å²) in [5.74, 6) is 0.723. The first-order valence-electron chi connectivity index (χ1n) is 7.97. The fourth-order valence-corrected chi connectivity index (χ4v) is 4.14. The van der Waals surface area contributed by atoms with Crippen molar-refractivity contribution in [1.29, 1.82) is 0 Å². The van der Waals surface area contributed by atoms with Crippen LogP contribution in [0.4, 0.5) is 4.79 Å². The molecule has 21 heavy (non-hydrogen) atoms. The van der Waals surface area contributed by atoms with E-state index in [1.54, 1.807) is 0 Å². The zero-order chi connectivity index (χ0) is 16.1. The SMILES string of the molecule is CC(C)(C)OC(=O)N1CC[C@H]2C(C)(C)C(=O)CC[C@]2(C)C1. The number of carbonyl (C=O) groups is 2. The molecule has 0 aromatic carbocycles. The van der Waals surface area contributed by atoms with Gasteiger partial charge in [-0.1, -0.05) is 20.8 Å². The van der Waals surface area contributed by atoms with E-state index in [0.29, 0.717) is 31.2 Å². The lowest BCUT2D eigenvalue weighted by molar-refractivity contribution is -0.144. The van der Waals surface area contributed by atoms with Crippen LogP contribution in [-0.2, 0) is 9.53 Å².